The standard InChI is InChI=1S/C25H18ClNO4/c1-15(28)16-9-13-20(14-10-16)27-22(17-7-11-19(26)12-8-17)21(24(30)25(27)31)23(29)18-5-3-2-4-6-18/h2-14,30-31H,1H3. The third-order valence-electron chi connectivity index (χ3n) is 5.03. The number of carbonyl (C=O) groups excluding carboxylic acids is 2. The van der Waals surface area contributed by atoms with Crippen LogP contribution in [0.1, 0.15) is 33.2 Å². The molecule has 0 unspecified atom stereocenters. The van der Waals surface area contributed by atoms with E-state index in [1.165, 1.54) is 11.5 Å². The van der Waals surface area contributed by atoms with Crippen LogP contribution < -0.4 is 0 Å². The number of aromatic nitrogens is 1. The molecule has 2 N–H and O–H groups in total. The van der Waals surface area contributed by atoms with Crippen LogP contribution in [-0.2, 0) is 0 Å². The number of benzene rings is 3. The van der Waals surface area contributed by atoms with Gasteiger partial charge in [-0.05, 0) is 48.9 Å². The first kappa shape index (κ1) is 20.4. The molecular weight excluding hydrogens is 414 g/mol. The van der Waals surface area contributed by atoms with Crippen molar-refractivity contribution in [2.45, 2.75) is 6.92 Å². The average Bonchev–Trinajstić information content (AvgIpc) is 3.05. The molecule has 0 amide bonds. The van der Waals surface area contributed by atoms with Gasteiger partial charge in [-0.1, -0.05) is 54.1 Å². The van der Waals surface area contributed by atoms with Crippen LogP contribution in [0, 0.1) is 0 Å². The number of carbonyl (C=O) groups is 2. The first-order valence-corrected chi connectivity index (χ1v) is 9.90. The molecule has 31 heavy (non-hydrogen) atoms. The predicted octanol–water partition coefficient (Wildman–Crippen LogP) is 5.64. The highest BCUT2D eigenvalue weighted by atomic mass is 35.5. The Balaban J connectivity index is 2.00. The summed E-state index contributed by atoms with van der Waals surface area (Å²) in [7, 11) is 0. The molecule has 4 rings (SSSR count). The number of ketones is 2. The van der Waals surface area contributed by atoms with E-state index >= 15 is 0 Å². The maximum absolute atomic E-state index is 13.3. The highest BCUT2D eigenvalue weighted by molar-refractivity contribution is 6.30. The monoisotopic (exact) mass is 431 g/mol. The summed E-state index contributed by atoms with van der Waals surface area (Å²) < 4.78 is 1.39. The number of aromatic hydroxyl groups is 2. The average molecular weight is 432 g/mol. The zero-order valence-corrected chi connectivity index (χ0v) is 17.3. The van der Waals surface area contributed by atoms with Gasteiger partial charge in [0.2, 0.25) is 5.88 Å². The van der Waals surface area contributed by atoms with Crippen LogP contribution in [0.4, 0.5) is 0 Å². The van der Waals surface area contributed by atoms with Gasteiger partial charge >= 0.3 is 0 Å². The molecule has 3 aromatic carbocycles. The van der Waals surface area contributed by atoms with E-state index in [1.807, 2.05) is 0 Å². The summed E-state index contributed by atoms with van der Waals surface area (Å²) in [6, 6.07) is 21.8. The molecule has 5 nitrogen and oxygen atoms in total. The Morgan fingerprint density at radius 2 is 1.42 bits per heavy atom. The van der Waals surface area contributed by atoms with Crippen LogP contribution in [0.5, 0.6) is 11.6 Å². The summed E-state index contributed by atoms with van der Waals surface area (Å²) >= 11 is 6.03. The minimum Gasteiger partial charge on any atom is -0.503 e. The van der Waals surface area contributed by atoms with Gasteiger partial charge in [0.25, 0.3) is 0 Å². The van der Waals surface area contributed by atoms with E-state index in [1.54, 1.807) is 78.9 Å². The normalized spacial score (nSPS) is 10.8. The molecule has 0 aliphatic carbocycles. The number of rotatable bonds is 5. The van der Waals surface area contributed by atoms with Crippen LogP contribution in [0.25, 0.3) is 16.9 Å². The molecule has 6 heteroatoms. The Kier molecular flexibility index (Phi) is 5.36. The number of nitrogens with zero attached hydrogens (tertiary/aromatic N) is 1. The molecule has 1 heterocycles. The first-order chi connectivity index (χ1) is 14.9. The molecule has 1 aromatic heterocycles. The Morgan fingerprint density at radius 3 is 2.00 bits per heavy atom. The molecule has 0 aliphatic heterocycles. The zero-order chi connectivity index (χ0) is 22.1. The topological polar surface area (TPSA) is 79.5 Å². The maximum Gasteiger partial charge on any atom is 0.240 e. The summed E-state index contributed by atoms with van der Waals surface area (Å²) in [6.07, 6.45) is 0. The lowest BCUT2D eigenvalue weighted by atomic mass is 9.99. The van der Waals surface area contributed by atoms with E-state index in [-0.39, 0.29) is 11.3 Å². The van der Waals surface area contributed by atoms with Crippen LogP contribution in [0.15, 0.2) is 78.9 Å². The van der Waals surface area contributed by atoms with E-state index in [2.05, 4.69) is 0 Å². The lowest BCUT2D eigenvalue weighted by Gasteiger charge is -2.13. The predicted molar refractivity (Wildman–Crippen MR) is 119 cm³/mol. The molecule has 0 saturated carbocycles. The number of hydrogen-bond donors (Lipinski definition) is 2. The lowest BCUT2D eigenvalue weighted by Crippen LogP contribution is -2.05. The minimum absolute atomic E-state index is 0.0262. The van der Waals surface area contributed by atoms with Crippen molar-refractivity contribution in [1.82, 2.24) is 4.57 Å². The lowest BCUT2D eigenvalue weighted by molar-refractivity contribution is 0.101. The van der Waals surface area contributed by atoms with Gasteiger partial charge in [-0.15, -0.1) is 0 Å². The highest BCUT2D eigenvalue weighted by Crippen LogP contribution is 2.44. The Labute approximate surface area is 183 Å². The first-order valence-electron chi connectivity index (χ1n) is 9.52. The molecule has 0 radical (unpaired) electrons. The van der Waals surface area contributed by atoms with E-state index in [0.29, 0.717) is 33.1 Å². The molecule has 4 aromatic rings. The Bertz CT molecular complexity index is 1270. The van der Waals surface area contributed by atoms with Gasteiger partial charge in [0, 0.05) is 21.8 Å². The molecular formula is C25H18ClNO4. The van der Waals surface area contributed by atoms with Crippen LogP contribution in [0.3, 0.4) is 0 Å². The van der Waals surface area contributed by atoms with E-state index in [0.717, 1.165) is 0 Å². The summed E-state index contributed by atoms with van der Waals surface area (Å²) in [5.41, 5.74) is 2.23. The van der Waals surface area contributed by atoms with Gasteiger partial charge in [0.1, 0.15) is 0 Å². The van der Waals surface area contributed by atoms with Crippen LogP contribution in [0.2, 0.25) is 5.02 Å². The highest BCUT2D eigenvalue weighted by Gasteiger charge is 2.29. The quantitative estimate of drug-likeness (QED) is 0.400. The van der Waals surface area contributed by atoms with Gasteiger partial charge in [0.05, 0.1) is 11.3 Å². The van der Waals surface area contributed by atoms with E-state index in [4.69, 9.17) is 11.6 Å². The van der Waals surface area contributed by atoms with Crippen molar-refractivity contribution in [2.75, 3.05) is 0 Å². The Hall–Kier alpha value is -3.83. The minimum atomic E-state index is -0.519. The summed E-state index contributed by atoms with van der Waals surface area (Å²) in [6.45, 7) is 1.46. The molecule has 0 fully saturated rings. The van der Waals surface area contributed by atoms with Crippen LogP contribution in [-0.4, -0.2) is 26.3 Å². The summed E-state index contributed by atoms with van der Waals surface area (Å²) in [4.78, 5) is 24.9. The second-order valence-electron chi connectivity index (χ2n) is 7.04. The van der Waals surface area contributed by atoms with Crippen LogP contribution >= 0.6 is 11.6 Å². The fraction of sp³-hybridized carbons (Fsp3) is 0.0400. The third kappa shape index (κ3) is 3.71. The number of Topliss-reactive ketones (excluding diaryl/α,β-unsaturated/α-hetero) is 1. The number of hydrogen-bond acceptors (Lipinski definition) is 4. The summed E-state index contributed by atoms with van der Waals surface area (Å²) in [5.74, 6) is -1.52. The summed E-state index contributed by atoms with van der Waals surface area (Å²) in [5, 5.41) is 22.1. The Morgan fingerprint density at radius 1 is 0.806 bits per heavy atom. The third-order valence-corrected chi connectivity index (χ3v) is 5.29. The molecule has 0 spiro atoms. The zero-order valence-electron chi connectivity index (χ0n) is 16.5. The van der Waals surface area contributed by atoms with Gasteiger partial charge < -0.3 is 10.2 Å². The van der Waals surface area contributed by atoms with Crippen molar-refractivity contribution in [1.29, 1.82) is 0 Å². The van der Waals surface area contributed by atoms with Gasteiger partial charge in [0.15, 0.2) is 17.3 Å². The van der Waals surface area contributed by atoms with Crippen molar-refractivity contribution in [2.24, 2.45) is 0 Å². The molecule has 0 saturated heterocycles. The van der Waals surface area contributed by atoms with Gasteiger partial charge in [-0.25, -0.2) is 0 Å². The number of halogens is 1. The largest absolute Gasteiger partial charge is 0.503 e. The molecule has 0 aliphatic rings. The van der Waals surface area contributed by atoms with E-state index in [9.17, 15) is 19.8 Å². The van der Waals surface area contributed by atoms with Crippen molar-refractivity contribution >= 4 is 23.2 Å². The van der Waals surface area contributed by atoms with Gasteiger partial charge in [-0.3, -0.25) is 14.2 Å². The second kappa shape index (κ2) is 8.13. The van der Waals surface area contributed by atoms with Crippen molar-refractivity contribution in [3.8, 4) is 28.6 Å². The smallest absolute Gasteiger partial charge is 0.240 e. The van der Waals surface area contributed by atoms with Crippen molar-refractivity contribution in [3.63, 3.8) is 0 Å². The molecule has 154 valence electrons. The molecule has 0 bridgehead atoms. The SMILES string of the molecule is CC(=O)c1ccc(-n2c(O)c(O)c(C(=O)c3ccccc3)c2-c2ccc(Cl)cc2)cc1. The van der Waals surface area contributed by atoms with E-state index < -0.39 is 17.4 Å². The maximum atomic E-state index is 13.3. The van der Waals surface area contributed by atoms with Gasteiger partial charge in [-0.2, -0.15) is 0 Å². The molecule has 0 atom stereocenters. The fourth-order valence-corrected chi connectivity index (χ4v) is 3.60. The second-order valence-corrected chi connectivity index (χ2v) is 7.47. The van der Waals surface area contributed by atoms with Crippen molar-refractivity contribution < 1.29 is 19.8 Å². The fourth-order valence-electron chi connectivity index (χ4n) is 3.47. The van der Waals surface area contributed by atoms with Crippen molar-refractivity contribution in [3.05, 3.63) is 101 Å².